The van der Waals surface area contributed by atoms with E-state index < -0.39 is 22.9 Å². The predicted octanol–water partition coefficient (Wildman–Crippen LogP) is 6.73. The van der Waals surface area contributed by atoms with Gasteiger partial charge in [-0.2, -0.15) is 13.2 Å². The van der Waals surface area contributed by atoms with Crippen LogP contribution in [0.4, 0.5) is 18.0 Å². The molecule has 2 aromatic carbocycles. The summed E-state index contributed by atoms with van der Waals surface area (Å²) in [6, 6.07) is 14.4. The molecule has 2 heterocycles. The van der Waals surface area contributed by atoms with E-state index in [-0.39, 0.29) is 35.1 Å². The summed E-state index contributed by atoms with van der Waals surface area (Å²) in [5, 5.41) is 0.114. The van der Waals surface area contributed by atoms with Crippen LogP contribution < -0.4 is 4.74 Å². The van der Waals surface area contributed by atoms with Crippen LogP contribution in [0.1, 0.15) is 11.3 Å². The molecule has 0 saturated carbocycles. The van der Waals surface area contributed by atoms with Crippen molar-refractivity contribution in [3.63, 3.8) is 0 Å². The number of rotatable bonds is 6. The van der Waals surface area contributed by atoms with E-state index in [0.717, 1.165) is 28.8 Å². The molecule has 170 valence electrons. The molecule has 3 aromatic rings. The quantitative estimate of drug-likeness (QED) is 0.356. The summed E-state index contributed by atoms with van der Waals surface area (Å²) in [5.74, 6) is 0.509. The van der Waals surface area contributed by atoms with Crippen LogP contribution in [-0.4, -0.2) is 29.2 Å². The van der Waals surface area contributed by atoms with Crippen LogP contribution in [0.2, 0.25) is 5.02 Å². The van der Waals surface area contributed by atoms with E-state index in [1.54, 1.807) is 24.3 Å². The molecule has 4 rings (SSSR count). The molecule has 1 aliphatic heterocycles. The Bertz CT molecular complexity index is 1220. The van der Waals surface area contributed by atoms with Crippen molar-refractivity contribution in [2.45, 2.75) is 6.18 Å². The number of alkyl halides is 3. The molecule has 33 heavy (non-hydrogen) atoms. The lowest BCUT2D eigenvalue weighted by molar-refractivity contribution is -0.137. The summed E-state index contributed by atoms with van der Waals surface area (Å²) in [5.41, 5.74) is -0.545. The largest absolute Gasteiger partial charge is 0.492 e. The van der Waals surface area contributed by atoms with Crippen molar-refractivity contribution in [2.24, 2.45) is 0 Å². The minimum atomic E-state index is -4.47. The summed E-state index contributed by atoms with van der Waals surface area (Å²) in [7, 11) is 0. The number of carbonyl (C=O) groups excluding carboxylic acids is 2. The molecule has 5 nitrogen and oxygen atoms in total. The molecule has 0 aliphatic carbocycles. The maximum absolute atomic E-state index is 12.9. The molecule has 1 saturated heterocycles. The number of hydrogen-bond donors (Lipinski definition) is 0. The van der Waals surface area contributed by atoms with Crippen molar-refractivity contribution in [1.29, 1.82) is 0 Å². The van der Waals surface area contributed by atoms with Gasteiger partial charge in [-0.1, -0.05) is 23.7 Å². The molecule has 1 aliphatic rings. The summed E-state index contributed by atoms with van der Waals surface area (Å²) in [6.45, 7) is 0.158. The van der Waals surface area contributed by atoms with Crippen LogP contribution in [0.15, 0.2) is 70.0 Å². The lowest BCUT2D eigenvalue weighted by atomic mass is 10.1. The smallest absolute Gasteiger partial charge is 0.416 e. The zero-order valence-corrected chi connectivity index (χ0v) is 18.3. The van der Waals surface area contributed by atoms with Crippen molar-refractivity contribution in [3.05, 3.63) is 81.9 Å². The Hall–Kier alpha value is -3.17. The van der Waals surface area contributed by atoms with Crippen LogP contribution in [-0.2, 0) is 11.0 Å². The Balaban J connectivity index is 1.42. The topological polar surface area (TPSA) is 59.8 Å². The second kappa shape index (κ2) is 9.36. The zero-order chi connectivity index (χ0) is 23.6. The Morgan fingerprint density at radius 3 is 2.55 bits per heavy atom. The third-order valence-corrected chi connectivity index (χ3v) is 5.80. The average Bonchev–Trinajstić information content (AvgIpc) is 3.35. The lowest BCUT2D eigenvalue weighted by Gasteiger charge is -2.13. The van der Waals surface area contributed by atoms with E-state index in [1.165, 1.54) is 30.3 Å². The number of hydrogen-bond acceptors (Lipinski definition) is 5. The highest BCUT2D eigenvalue weighted by Gasteiger charge is 2.35. The highest BCUT2D eigenvalue weighted by Crippen LogP contribution is 2.35. The minimum Gasteiger partial charge on any atom is -0.492 e. The molecule has 2 amide bonds. The van der Waals surface area contributed by atoms with Crippen LogP contribution in [0.3, 0.4) is 0 Å². The molecule has 0 spiro atoms. The predicted molar refractivity (Wildman–Crippen MR) is 119 cm³/mol. The molecule has 1 fully saturated rings. The van der Waals surface area contributed by atoms with Gasteiger partial charge >= 0.3 is 6.18 Å². The molecule has 0 N–H and O–H groups in total. The molecule has 1 aromatic heterocycles. The van der Waals surface area contributed by atoms with E-state index in [1.807, 2.05) is 0 Å². The Kier molecular flexibility index (Phi) is 6.53. The van der Waals surface area contributed by atoms with E-state index in [0.29, 0.717) is 10.8 Å². The van der Waals surface area contributed by atoms with Crippen LogP contribution >= 0.6 is 23.4 Å². The highest BCUT2D eigenvalue weighted by molar-refractivity contribution is 8.18. The minimum absolute atomic E-state index is 0.0538. The summed E-state index contributed by atoms with van der Waals surface area (Å²) in [6.07, 6.45) is -3.08. The first-order valence-corrected chi connectivity index (χ1v) is 10.8. The lowest BCUT2D eigenvalue weighted by Crippen LogP contribution is -2.32. The third kappa shape index (κ3) is 5.43. The fraction of sp³-hybridized carbons (Fsp3) is 0.130. The maximum atomic E-state index is 12.9. The van der Waals surface area contributed by atoms with Crippen molar-refractivity contribution >= 4 is 40.6 Å². The standard InChI is InChI=1S/C23H15ClF3NO4S/c24-16-4-6-17(7-5-16)31-11-10-28-21(29)20(33-22(28)30)13-18-8-9-19(32-18)14-2-1-3-15(12-14)23(25,26)27/h1-9,12-13H,10-11H2/b20-13-. The van der Waals surface area contributed by atoms with Gasteiger partial charge in [-0.15, -0.1) is 0 Å². The summed E-state index contributed by atoms with van der Waals surface area (Å²) < 4.78 is 50.0. The second-order valence-electron chi connectivity index (χ2n) is 6.92. The number of carbonyl (C=O) groups is 2. The normalized spacial score (nSPS) is 15.5. The number of furan rings is 1. The maximum Gasteiger partial charge on any atom is 0.416 e. The van der Waals surface area contributed by atoms with Gasteiger partial charge in [0.2, 0.25) is 0 Å². The van der Waals surface area contributed by atoms with Gasteiger partial charge in [-0.25, -0.2) is 0 Å². The number of halogens is 4. The van der Waals surface area contributed by atoms with E-state index in [2.05, 4.69) is 0 Å². The first kappa shape index (κ1) is 23.0. The molecule has 0 atom stereocenters. The number of imide groups is 1. The van der Waals surface area contributed by atoms with E-state index >= 15 is 0 Å². The molecule has 0 bridgehead atoms. The Morgan fingerprint density at radius 2 is 1.82 bits per heavy atom. The molecular weight excluding hydrogens is 479 g/mol. The summed E-state index contributed by atoms with van der Waals surface area (Å²) >= 11 is 6.57. The SMILES string of the molecule is O=C1S/C(=C\c2ccc(-c3cccc(C(F)(F)F)c3)o2)C(=O)N1CCOc1ccc(Cl)cc1. The number of nitrogens with zero attached hydrogens (tertiary/aromatic N) is 1. The first-order chi connectivity index (χ1) is 15.7. The second-order valence-corrected chi connectivity index (χ2v) is 8.35. The van der Waals surface area contributed by atoms with Gasteiger partial charge in [0.05, 0.1) is 17.0 Å². The van der Waals surface area contributed by atoms with Crippen molar-refractivity contribution in [2.75, 3.05) is 13.2 Å². The molecular formula is C23H15ClF3NO4S. The van der Waals surface area contributed by atoms with Crippen LogP contribution in [0.5, 0.6) is 5.75 Å². The van der Waals surface area contributed by atoms with E-state index in [9.17, 15) is 22.8 Å². The Morgan fingerprint density at radius 1 is 1.06 bits per heavy atom. The number of benzene rings is 2. The van der Waals surface area contributed by atoms with Crippen LogP contribution in [0, 0.1) is 0 Å². The highest BCUT2D eigenvalue weighted by atomic mass is 35.5. The number of amides is 2. The van der Waals surface area contributed by atoms with E-state index in [4.69, 9.17) is 20.8 Å². The molecule has 0 unspecified atom stereocenters. The van der Waals surface area contributed by atoms with Crippen LogP contribution in [0.25, 0.3) is 17.4 Å². The fourth-order valence-electron chi connectivity index (χ4n) is 3.04. The third-order valence-electron chi connectivity index (χ3n) is 4.65. The van der Waals surface area contributed by atoms with Gasteiger partial charge in [-0.3, -0.25) is 14.5 Å². The van der Waals surface area contributed by atoms with Gasteiger partial charge in [0, 0.05) is 16.7 Å². The first-order valence-electron chi connectivity index (χ1n) is 9.62. The fourth-order valence-corrected chi connectivity index (χ4v) is 4.01. The van der Waals surface area contributed by atoms with Crippen molar-refractivity contribution in [3.8, 4) is 17.1 Å². The molecule has 10 heteroatoms. The monoisotopic (exact) mass is 493 g/mol. The van der Waals surface area contributed by atoms with Gasteiger partial charge in [0.15, 0.2) is 0 Å². The molecule has 0 radical (unpaired) electrons. The van der Waals surface area contributed by atoms with Gasteiger partial charge in [0.25, 0.3) is 11.1 Å². The zero-order valence-electron chi connectivity index (χ0n) is 16.8. The van der Waals surface area contributed by atoms with Gasteiger partial charge in [-0.05, 0) is 60.3 Å². The summed E-state index contributed by atoms with van der Waals surface area (Å²) in [4.78, 5) is 26.1. The van der Waals surface area contributed by atoms with Crippen molar-refractivity contribution in [1.82, 2.24) is 4.90 Å². The number of ether oxygens (including phenoxy) is 1. The number of thioether (sulfide) groups is 1. The van der Waals surface area contributed by atoms with Gasteiger partial charge < -0.3 is 9.15 Å². The van der Waals surface area contributed by atoms with Crippen molar-refractivity contribution < 1.29 is 31.9 Å². The average molecular weight is 494 g/mol. The Labute approximate surface area is 195 Å². The van der Waals surface area contributed by atoms with Gasteiger partial charge in [0.1, 0.15) is 23.9 Å².